The van der Waals surface area contributed by atoms with E-state index in [0.717, 1.165) is 18.6 Å². The number of amides is 2. The second-order valence-corrected chi connectivity index (χ2v) is 9.29. The number of hydrogen-bond donors (Lipinski definition) is 6. The van der Waals surface area contributed by atoms with Crippen molar-refractivity contribution in [3.8, 4) is 11.8 Å². The van der Waals surface area contributed by atoms with Crippen molar-refractivity contribution >= 4 is 29.7 Å². The van der Waals surface area contributed by atoms with Crippen LogP contribution in [0.15, 0.2) is 12.1 Å². The normalized spacial score (nSPS) is 22.8. The Bertz CT molecular complexity index is 798. The summed E-state index contributed by atoms with van der Waals surface area (Å²) >= 11 is 1.82. The quantitative estimate of drug-likeness (QED) is 0.181. The Labute approximate surface area is 189 Å². The van der Waals surface area contributed by atoms with Gasteiger partial charge in [0.05, 0.1) is 12.1 Å². The minimum Gasteiger partial charge on any atom is -0.492 e. The molecule has 0 aliphatic carbocycles. The van der Waals surface area contributed by atoms with Crippen LogP contribution in [0.4, 0.5) is 4.79 Å². The van der Waals surface area contributed by atoms with Gasteiger partial charge in [0.25, 0.3) is 0 Å². The van der Waals surface area contributed by atoms with Crippen LogP contribution in [-0.4, -0.2) is 73.7 Å². The summed E-state index contributed by atoms with van der Waals surface area (Å²) in [5.41, 5.74) is 0. The Morgan fingerprint density at radius 2 is 1.94 bits per heavy atom. The molecule has 2 amide bonds. The van der Waals surface area contributed by atoms with Gasteiger partial charge in [0.2, 0.25) is 11.8 Å². The summed E-state index contributed by atoms with van der Waals surface area (Å²) in [6, 6.07) is 1.96. The highest BCUT2D eigenvalue weighted by Crippen LogP contribution is 2.33. The number of nitrogens with one attached hydrogen (secondary N) is 3. The number of nitrogens with zero attached hydrogens (tertiary/aromatic N) is 1. The minimum atomic E-state index is -0.882. The number of aromatic nitrogens is 1. The molecule has 11 nitrogen and oxygen atoms in total. The highest BCUT2D eigenvalue weighted by atomic mass is 32.2. The van der Waals surface area contributed by atoms with E-state index in [0.29, 0.717) is 42.2 Å². The van der Waals surface area contributed by atoms with Crippen LogP contribution < -0.4 is 20.8 Å². The van der Waals surface area contributed by atoms with Crippen molar-refractivity contribution in [2.24, 2.45) is 0 Å². The number of carbonyl (C=O) groups is 3. The molecule has 2 aliphatic heterocycles. The number of carbonyl (C=O) groups excluding carboxylic acids is 2. The Morgan fingerprint density at radius 3 is 2.66 bits per heavy atom. The van der Waals surface area contributed by atoms with E-state index in [4.69, 9.17) is 4.84 Å². The smallest absolute Gasteiger partial charge is 0.333 e. The Balaban J connectivity index is 1.26. The van der Waals surface area contributed by atoms with Crippen LogP contribution in [0, 0.1) is 0 Å². The van der Waals surface area contributed by atoms with Gasteiger partial charge < -0.3 is 36.1 Å². The van der Waals surface area contributed by atoms with E-state index < -0.39 is 18.0 Å². The standard InChI is InChI=1S/C20H30N4O7S/c25-15-8-9-16(26)24(15)31-17(27)7-2-1-3-10-21-12(19(28)29)5-4-6-14-18-13(11-32-14)22-20(30)23-18/h8-9,12-14,18,21,25-26H,1-7,10-11H2,(H,28,29)(H2,22,23,30)/t12?,13-,14-,18-/m0/s1. The number of thioether (sulfide) groups is 1. The summed E-state index contributed by atoms with van der Waals surface area (Å²) in [5.74, 6) is -1.31. The molecule has 0 bridgehead atoms. The molecule has 12 heteroatoms. The topological polar surface area (TPSA) is 162 Å². The van der Waals surface area contributed by atoms with Gasteiger partial charge in [-0.3, -0.25) is 4.79 Å². The zero-order valence-electron chi connectivity index (χ0n) is 17.7. The van der Waals surface area contributed by atoms with Crippen LogP contribution in [0.1, 0.15) is 44.9 Å². The molecule has 4 atom stereocenters. The molecule has 2 aliphatic rings. The first-order valence-electron chi connectivity index (χ1n) is 10.8. The van der Waals surface area contributed by atoms with Crippen LogP contribution in [-0.2, 0) is 9.59 Å². The maximum Gasteiger partial charge on any atom is 0.333 e. The first kappa shape index (κ1) is 24.1. The predicted octanol–water partition coefficient (Wildman–Crippen LogP) is 0.793. The SMILES string of the molecule is O=C1N[C@H]2[C@H](CS[C@H]2CCCC(NCCCCCC(=O)On2c(O)ccc2O)C(=O)O)N1. The van der Waals surface area contributed by atoms with Crippen LogP contribution in [0.25, 0.3) is 0 Å². The maximum atomic E-state index is 11.8. The molecule has 0 saturated carbocycles. The van der Waals surface area contributed by atoms with Gasteiger partial charge in [0, 0.05) is 29.6 Å². The molecule has 0 radical (unpaired) electrons. The van der Waals surface area contributed by atoms with E-state index in [9.17, 15) is 29.7 Å². The number of aromatic hydroxyl groups is 2. The number of fused-ring (bicyclic) bond motifs is 1. The van der Waals surface area contributed by atoms with Gasteiger partial charge in [-0.1, -0.05) is 12.8 Å². The third-order valence-corrected chi connectivity index (χ3v) is 7.17. The highest BCUT2D eigenvalue weighted by Gasteiger charge is 2.42. The molecule has 178 valence electrons. The fraction of sp³-hybridized carbons (Fsp3) is 0.650. The zero-order valence-corrected chi connectivity index (χ0v) is 18.5. The van der Waals surface area contributed by atoms with Gasteiger partial charge in [-0.15, -0.1) is 4.73 Å². The Morgan fingerprint density at radius 1 is 1.19 bits per heavy atom. The number of hydrogen-bond acceptors (Lipinski definition) is 8. The number of rotatable bonds is 13. The molecule has 2 saturated heterocycles. The van der Waals surface area contributed by atoms with Crippen LogP contribution >= 0.6 is 11.8 Å². The molecule has 0 spiro atoms. The van der Waals surface area contributed by atoms with Crippen molar-refractivity contribution in [3.05, 3.63) is 12.1 Å². The molecule has 1 aromatic heterocycles. The third-order valence-electron chi connectivity index (χ3n) is 5.66. The van der Waals surface area contributed by atoms with E-state index in [2.05, 4.69) is 16.0 Å². The lowest BCUT2D eigenvalue weighted by molar-refractivity contribution is -0.145. The first-order chi connectivity index (χ1) is 15.3. The number of aliphatic carboxylic acids is 1. The van der Waals surface area contributed by atoms with Crippen LogP contribution in [0.2, 0.25) is 0 Å². The van der Waals surface area contributed by atoms with E-state index in [1.54, 1.807) is 0 Å². The second-order valence-electron chi connectivity index (χ2n) is 8.02. The van der Waals surface area contributed by atoms with Crippen molar-refractivity contribution in [2.75, 3.05) is 12.3 Å². The van der Waals surface area contributed by atoms with Crippen molar-refractivity contribution in [1.82, 2.24) is 20.7 Å². The van der Waals surface area contributed by atoms with Gasteiger partial charge in [-0.25, -0.2) is 9.59 Å². The Hall–Kier alpha value is -2.60. The minimum absolute atomic E-state index is 0.117. The monoisotopic (exact) mass is 470 g/mol. The highest BCUT2D eigenvalue weighted by molar-refractivity contribution is 8.00. The van der Waals surface area contributed by atoms with Crippen molar-refractivity contribution in [1.29, 1.82) is 0 Å². The average molecular weight is 471 g/mol. The molecule has 3 heterocycles. The van der Waals surface area contributed by atoms with E-state index in [-0.39, 0.29) is 36.3 Å². The summed E-state index contributed by atoms with van der Waals surface area (Å²) in [6.07, 6.45) is 4.19. The summed E-state index contributed by atoms with van der Waals surface area (Å²) in [6.45, 7) is 0.522. The van der Waals surface area contributed by atoms with Gasteiger partial charge in [0.1, 0.15) is 6.04 Å². The summed E-state index contributed by atoms with van der Waals surface area (Å²) < 4.78 is 0.655. The molecular formula is C20H30N4O7S. The maximum absolute atomic E-state index is 11.8. The second kappa shape index (κ2) is 11.3. The molecule has 1 aromatic rings. The first-order valence-corrected chi connectivity index (χ1v) is 11.9. The molecule has 6 N–H and O–H groups in total. The summed E-state index contributed by atoms with van der Waals surface area (Å²) in [5, 5.41) is 37.6. The number of carboxylic acid groups (broad SMARTS) is 1. The lowest BCUT2D eigenvalue weighted by atomic mass is 10.0. The zero-order chi connectivity index (χ0) is 23.1. The molecule has 3 rings (SSSR count). The van der Waals surface area contributed by atoms with E-state index in [1.165, 1.54) is 12.1 Å². The molecule has 2 fully saturated rings. The number of carboxylic acids is 1. The van der Waals surface area contributed by atoms with Crippen LogP contribution in [0.3, 0.4) is 0 Å². The number of urea groups is 1. The van der Waals surface area contributed by atoms with Crippen molar-refractivity contribution < 1.29 is 34.5 Å². The van der Waals surface area contributed by atoms with Gasteiger partial charge >= 0.3 is 18.0 Å². The summed E-state index contributed by atoms with van der Waals surface area (Å²) in [7, 11) is 0. The predicted molar refractivity (Wildman–Crippen MR) is 117 cm³/mol. The van der Waals surface area contributed by atoms with Gasteiger partial charge in [-0.2, -0.15) is 11.8 Å². The van der Waals surface area contributed by atoms with Crippen LogP contribution in [0.5, 0.6) is 11.8 Å². The lowest BCUT2D eigenvalue weighted by Crippen LogP contribution is -2.38. The number of unbranched alkanes of at least 4 members (excludes halogenated alkanes) is 2. The molecule has 32 heavy (non-hydrogen) atoms. The van der Waals surface area contributed by atoms with Gasteiger partial charge in [-0.05, 0) is 32.2 Å². The van der Waals surface area contributed by atoms with E-state index >= 15 is 0 Å². The average Bonchev–Trinajstić information content (AvgIpc) is 3.39. The van der Waals surface area contributed by atoms with Gasteiger partial charge in [0.15, 0.2) is 0 Å². The molecular weight excluding hydrogens is 440 g/mol. The fourth-order valence-electron chi connectivity index (χ4n) is 3.97. The fourth-order valence-corrected chi connectivity index (χ4v) is 5.51. The lowest BCUT2D eigenvalue weighted by Gasteiger charge is -2.18. The molecule has 0 aromatic carbocycles. The van der Waals surface area contributed by atoms with Crippen molar-refractivity contribution in [2.45, 2.75) is 68.3 Å². The third kappa shape index (κ3) is 6.45. The molecule has 1 unspecified atom stereocenters. The van der Waals surface area contributed by atoms with Crippen molar-refractivity contribution in [3.63, 3.8) is 0 Å². The van der Waals surface area contributed by atoms with E-state index in [1.807, 2.05) is 11.8 Å². The Kier molecular flexibility index (Phi) is 8.51. The largest absolute Gasteiger partial charge is 0.492 e. The summed E-state index contributed by atoms with van der Waals surface area (Å²) in [4.78, 5) is 39.6.